The number of aryl methyl sites for hydroxylation is 2. The third kappa shape index (κ3) is 3.80. The zero-order chi connectivity index (χ0) is 13.7. The molecular weight excluding hydrogens is 238 g/mol. The second kappa shape index (κ2) is 6.71. The molecule has 1 aromatic carbocycles. The summed E-state index contributed by atoms with van der Waals surface area (Å²) in [4.78, 5) is 11.9. The lowest BCUT2D eigenvalue weighted by Crippen LogP contribution is -2.37. The second-order valence-corrected chi connectivity index (χ2v) is 5.34. The predicted octanol–water partition coefficient (Wildman–Crippen LogP) is 1.99. The molecular formula is C16H23NO2. The van der Waals surface area contributed by atoms with Gasteiger partial charge in [0.1, 0.15) is 0 Å². The topological polar surface area (TPSA) is 49.3 Å². The van der Waals surface area contributed by atoms with Crippen LogP contribution >= 0.6 is 0 Å². The molecule has 1 aliphatic carbocycles. The van der Waals surface area contributed by atoms with Crippen LogP contribution in [0, 0.1) is 0 Å². The molecule has 3 nitrogen and oxygen atoms in total. The number of hydrogen-bond acceptors (Lipinski definition) is 2. The number of aliphatic hydroxyl groups is 1. The maximum absolute atomic E-state index is 11.9. The highest BCUT2D eigenvalue weighted by molar-refractivity contribution is 5.79. The minimum Gasteiger partial charge on any atom is -0.394 e. The van der Waals surface area contributed by atoms with Crippen LogP contribution in [0.2, 0.25) is 0 Å². The van der Waals surface area contributed by atoms with Gasteiger partial charge in [-0.1, -0.05) is 25.1 Å². The molecule has 1 aromatic rings. The number of hydrogen-bond donors (Lipinski definition) is 2. The zero-order valence-electron chi connectivity index (χ0n) is 11.6. The fraction of sp³-hybridized carbons (Fsp3) is 0.562. The van der Waals surface area contributed by atoms with E-state index in [1.807, 2.05) is 6.92 Å². The second-order valence-electron chi connectivity index (χ2n) is 5.34. The van der Waals surface area contributed by atoms with Gasteiger partial charge in [-0.3, -0.25) is 4.79 Å². The van der Waals surface area contributed by atoms with Gasteiger partial charge < -0.3 is 10.4 Å². The molecule has 1 amide bonds. The molecule has 0 spiro atoms. The highest BCUT2D eigenvalue weighted by Gasteiger charge is 2.13. The molecule has 0 aliphatic heterocycles. The van der Waals surface area contributed by atoms with Gasteiger partial charge in [0.2, 0.25) is 5.91 Å². The smallest absolute Gasteiger partial charge is 0.224 e. The van der Waals surface area contributed by atoms with E-state index >= 15 is 0 Å². The lowest BCUT2D eigenvalue weighted by molar-refractivity contribution is -0.121. The standard InChI is InChI=1S/C16H23NO2/c1-2-15(11-18)17-16(19)10-12-7-8-13-5-3-4-6-14(13)9-12/h7-9,15,18H,2-6,10-11H2,1H3,(H,17,19)/t15-/m0/s1. The summed E-state index contributed by atoms with van der Waals surface area (Å²) in [6.07, 6.45) is 6.01. The highest BCUT2D eigenvalue weighted by Crippen LogP contribution is 2.22. The van der Waals surface area contributed by atoms with Gasteiger partial charge in [-0.2, -0.15) is 0 Å². The summed E-state index contributed by atoms with van der Waals surface area (Å²) >= 11 is 0. The zero-order valence-corrected chi connectivity index (χ0v) is 11.6. The fourth-order valence-electron chi connectivity index (χ4n) is 2.64. The van der Waals surface area contributed by atoms with E-state index in [1.165, 1.54) is 30.4 Å². The number of carbonyl (C=O) groups is 1. The third-order valence-electron chi connectivity index (χ3n) is 3.86. The van der Waals surface area contributed by atoms with Crippen LogP contribution < -0.4 is 5.32 Å². The molecule has 104 valence electrons. The summed E-state index contributed by atoms with van der Waals surface area (Å²) in [6.45, 7) is 1.96. The van der Waals surface area contributed by atoms with E-state index in [1.54, 1.807) is 0 Å². The predicted molar refractivity (Wildman–Crippen MR) is 76.1 cm³/mol. The number of benzene rings is 1. The first-order chi connectivity index (χ1) is 9.22. The van der Waals surface area contributed by atoms with E-state index in [-0.39, 0.29) is 18.6 Å². The summed E-state index contributed by atoms with van der Waals surface area (Å²) in [6, 6.07) is 6.28. The molecule has 2 N–H and O–H groups in total. The lowest BCUT2D eigenvalue weighted by atomic mass is 9.90. The van der Waals surface area contributed by atoms with Crippen molar-refractivity contribution in [2.45, 2.75) is 51.5 Å². The molecule has 0 fully saturated rings. The van der Waals surface area contributed by atoms with Gasteiger partial charge in [0.05, 0.1) is 19.1 Å². The Hall–Kier alpha value is -1.35. The van der Waals surface area contributed by atoms with Crippen molar-refractivity contribution < 1.29 is 9.90 Å². The van der Waals surface area contributed by atoms with E-state index in [4.69, 9.17) is 5.11 Å². The van der Waals surface area contributed by atoms with Gasteiger partial charge in [0.25, 0.3) is 0 Å². The maximum atomic E-state index is 11.9. The van der Waals surface area contributed by atoms with Crippen molar-refractivity contribution >= 4 is 5.91 Å². The molecule has 1 aliphatic rings. The van der Waals surface area contributed by atoms with Crippen LogP contribution in [0.25, 0.3) is 0 Å². The van der Waals surface area contributed by atoms with Crippen LogP contribution in [0.15, 0.2) is 18.2 Å². The number of nitrogens with one attached hydrogen (secondary N) is 1. The van der Waals surface area contributed by atoms with Crippen LogP contribution in [0.3, 0.4) is 0 Å². The summed E-state index contributed by atoms with van der Waals surface area (Å²) in [5.74, 6) is -0.00309. The van der Waals surface area contributed by atoms with Gasteiger partial charge in [0, 0.05) is 0 Å². The van der Waals surface area contributed by atoms with Gasteiger partial charge >= 0.3 is 0 Å². The Kier molecular flexibility index (Phi) is 4.97. The van der Waals surface area contributed by atoms with Gasteiger partial charge in [-0.25, -0.2) is 0 Å². The Labute approximate surface area is 115 Å². The average molecular weight is 261 g/mol. The monoisotopic (exact) mass is 261 g/mol. The number of fused-ring (bicyclic) bond motifs is 1. The molecule has 0 heterocycles. The highest BCUT2D eigenvalue weighted by atomic mass is 16.3. The summed E-state index contributed by atoms with van der Waals surface area (Å²) < 4.78 is 0. The van der Waals surface area contributed by atoms with E-state index in [9.17, 15) is 4.79 Å². The number of amides is 1. The normalized spacial score (nSPS) is 15.7. The Morgan fingerprint density at radius 1 is 1.32 bits per heavy atom. The van der Waals surface area contributed by atoms with E-state index in [2.05, 4.69) is 23.5 Å². The molecule has 19 heavy (non-hydrogen) atoms. The van der Waals surface area contributed by atoms with E-state index in [0.29, 0.717) is 6.42 Å². The van der Waals surface area contributed by atoms with Crippen molar-refractivity contribution in [3.05, 3.63) is 34.9 Å². The van der Waals surface area contributed by atoms with Crippen LogP contribution in [0.4, 0.5) is 0 Å². The Morgan fingerprint density at radius 2 is 2.05 bits per heavy atom. The van der Waals surface area contributed by atoms with Crippen LogP contribution in [0.1, 0.15) is 42.9 Å². The molecule has 1 atom stereocenters. The third-order valence-corrected chi connectivity index (χ3v) is 3.86. The number of rotatable bonds is 5. The Balaban J connectivity index is 1.97. The summed E-state index contributed by atoms with van der Waals surface area (Å²) in [7, 11) is 0. The molecule has 0 saturated carbocycles. The van der Waals surface area contributed by atoms with Gasteiger partial charge in [0.15, 0.2) is 0 Å². The minimum atomic E-state index is -0.120. The minimum absolute atomic E-state index is 0.00309. The van der Waals surface area contributed by atoms with Crippen molar-refractivity contribution in [3.8, 4) is 0 Å². The van der Waals surface area contributed by atoms with Crippen LogP contribution in [-0.4, -0.2) is 23.7 Å². The number of carbonyl (C=O) groups excluding carboxylic acids is 1. The Bertz CT molecular complexity index is 438. The molecule has 0 bridgehead atoms. The summed E-state index contributed by atoms with van der Waals surface area (Å²) in [5, 5.41) is 11.9. The molecule has 0 unspecified atom stereocenters. The van der Waals surface area contributed by atoms with Gasteiger partial charge in [-0.05, 0) is 48.8 Å². The fourth-order valence-corrected chi connectivity index (χ4v) is 2.64. The quantitative estimate of drug-likeness (QED) is 0.851. The molecule has 0 aromatic heterocycles. The maximum Gasteiger partial charge on any atom is 0.224 e. The van der Waals surface area contributed by atoms with Crippen LogP contribution in [-0.2, 0) is 24.1 Å². The largest absolute Gasteiger partial charge is 0.394 e. The Morgan fingerprint density at radius 3 is 2.74 bits per heavy atom. The van der Waals surface area contributed by atoms with E-state index in [0.717, 1.165) is 18.4 Å². The molecule has 0 saturated heterocycles. The average Bonchev–Trinajstić information content (AvgIpc) is 2.44. The SMILES string of the molecule is CC[C@@H](CO)NC(=O)Cc1ccc2c(c1)CCCC2. The first kappa shape index (κ1) is 14.1. The van der Waals surface area contributed by atoms with Crippen molar-refractivity contribution in [1.82, 2.24) is 5.32 Å². The summed E-state index contributed by atoms with van der Waals surface area (Å²) in [5.41, 5.74) is 3.92. The lowest BCUT2D eigenvalue weighted by Gasteiger charge is -2.17. The van der Waals surface area contributed by atoms with Crippen LogP contribution in [0.5, 0.6) is 0 Å². The van der Waals surface area contributed by atoms with E-state index < -0.39 is 0 Å². The molecule has 3 heteroatoms. The number of aliphatic hydroxyl groups excluding tert-OH is 1. The van der Waals surface area contributed by atoms with Crippen molar-refractivity contribution in [2.75, 3.05) is 6.61 Å². The molecule has 0 radical (unpaired) electrons. The van der Waals surface area contributed by atoms with Crippen molar-refractivity contribution in [2.24, 2.45) is 0 Å². The molecule has 2 rings (SSSR count). The van der Waals surface area contributed by atoms with Gasteiger partial charge in [-0.15, -0.1) is 0 Å². The van der Waals surface area contributed by atoms with Crippen molar-refractivity contribution in [1.29, 1.82) is 0 Å². The first-order valence-corrected chi connectivity index (χ1v) is 7.23. The first-order valence-electron chi connectivity index (χ1n) is 7.23. The van der Waals surface area contributed by atoms with Crippen molar-refractivity contribution in [3.63, 3.8) is 0 Å².